The lowest BCUT2D eigenvalue weighted by molar-refractivity contribution is -0.210. The van der Waals surface area contributed by atoms with Gasteiger partial charge in [0.1, 0.15) is 41.8 Å². The Kier molecular flexibility index (Phi) is 11.2. The smallest absolute Gasteiger partial charge is 0.335 e. The molecule has 0 aliphatic carbocycles. The average Bonchev–Trinajstić information content (AvgIpc) is 3.17. The summed E-state index contributed by atoms with van der Waals surface area (Å²) in [6.45, 7) is 3.62. The van der Waals surface area contributed by atoms with Crippen molar-refractivity contribution in [3.8, 4) is 40.2 Å². The van der Waals surface area contributed by atoms with Crippen LogP contribution in [-0.4, -0.2) is 51.2 Å². The van der Waals surface area contributed by atoms with Crippen LogP contribution in [-0.2, 0) is 9.53 Å². The summed E-state index contributed by atoms with van der Waals surface area (Å²) in [5.41, 5.74) is 0.613. The molecule has 1 aliphatic rings. The third-order valence-corrected chi connectivity index (χ3v) is 8.02. The van der Waals surface area contributed by atoms with Crippen molar-refractivity contribution in [3.05, 3.63) is 152 Å². The summed E-state index contributed by atoms with van der Waals surface area (Å²) in [7, 11) is 2.95. The van der Waals surface area contributed by atoms with Crippen molar-refractivity contribution in [2.24, 2.45) is 0 Å². The highest BCUT2D eigenvalue weighted by molar-refractivity contribution is 5.84. The lowest BCUT2D eigenvalue weighted by atomic mass is 9.90. The van der Waals surface area contributed by atoms with Gasteiger partial charge in [-0.3, -0.25) is 0 Å². The maximum absolute atomic E-state index is 12.3. The van der Waals surface area contributed by atoms with Gasteiger partial charge in [0, 0.05) is 6.08 Å². The molecule has 9 heteroatoms. The molecule has 50 heavy (non-hydrogen) atoms. The van der Waals surface area contributed by atoms with Crippen LogP contribution in [0.5, 0.6) is 40.2 Å². The standard InChI is InChI=1S/C41H38O9/c1-4-36(42)50-38-33(43-2)25-28(26-34(38)44-3)37-40(47-31-21-13-7-14-22-31)41(48-32-23-15-8-16-24-32)39(46-30-19-11-6-12-20-30)35(49-37)27-45-29-17-9-5-10-18-29/h4-26,35,37,39-41H,1,27H2,2-3H3/t35-,37-,39-,40-,41+/m1/s1. The molecule has 0 radical (unpaired) electrons. The fourth-order valence-electron chi connectivity index (χ4n) is 5.69. The zero-order chi connectivity index (χ0) is 34.7. The van der Waals surface area contributed by atoms with Crippen LogP contribution in [0.4, 0.5) is 0 Å². The Hall–Kier alpha value is -5.93. The van der Waals surface area contributed by atoms with Gasteiger partial charge < -0.3 is 37.9 Å². The first-order valence-corrected chi connectivity index (χ1v) is 16.1. The van der Waals surface area contributed by atoms with Crippen LogP contribution in [0, 0.1) is 0 Å². The molecule has 0 N–H and O–H groups in total. The molecule has 9 nitrogen and oxygen atoms in total. The largest absolute Gasteiger partial charge is 0.493 e. The summed E-state index contributed by atoms with van der Waals surface area (Å²) >= 11 is 0. The number of carbonyl (C=O) groups is 1. The van der Waals surface area contributed by atoms with Crippen LogP contribution >= 0.6 is 0 Å². The summed E-state index contributed by atoms with van der Waals surface area (Å²) in [6.07, 6.45) is -2.68. The molecular weight excluding hydrogens is 636 g/mol. The van der Waals surface area contributed by atoms with Crippen molar-refractivity contribution in [2.75, 3.05) is 20.8 Å². The predicted molar refractivity (Wildman–Crippen MR) is 188 cm³/mol. The highest BCUT2D eigenvalue weighted by Gasteiger charge is 2.52. The first-order valence-electron chi connectivity index (χ1n) is 16.1. The van der Waals surface area contributed by atoms with Gasteiger partial charge in [0.05, 0.1) is 14.2 Å². The number of hydrogen-bond donors (Lipinski definition) is 0. The molecule has 5 atom stereocenters. The normalized spacial score (nSPS) is 19.8. The van der Waals surface area contributed by atoms with Gasteiger partial charge in [-0.15, -0.1) is 0 Å². The van der Waals surface area contributed by atoms with Crippen LogP contribution < -0.4 is 33.2 Å². The highest BCUT2D eigenvalue weighted by Crippen LogP contribution is 2.45. The maximum Gasteiger partial charge on any atom is 0.335 e. The summed E-state index contributed by atoms with van der Waals surface area (Å²) in [5.74, 6) is 2.45. The Morgan fingerprint density at radius 1 is 0.640 bits per heavy atom. The molecule has 1 fully saturated rings. The quantitative estimate of drug-likeness (QED) is 0.0669. The van der Waals surface area contributed by atoms with E-state index in [1.165, 1.54) is 14.2 Å². The predicted octanol–water partition coefficient (Wildman–Crippen LogP) is 7.66. The fraction of sp³-hybridized carbons (Fsp3) is 0.195. The number of benzene rings is 5. The molecular formula is C41H38O9. The van der Waals surface area contributed by atoms with E-state index in [-0.39, 0.29) is 23.9 Å². The van der Waals surface area contributed by atoms with Crippen molar-refractivity contribution >= 4 is 5.97 Å². The first-order chi connectivity index (χ1) is 24.6. The third kappa shape index (κ3) is 8.19. The van der Waals surface area contributed by atoms with Gasteiger partial charge in [0.25, 0.3) is 0 Å². The Bertz CT molecular complexity index is 1790. The van der Waals surface area contributed by atoms with Crippen molar-refractivity contribution in [3.63, 3.8) is 0 Å². The number of rotatable bonds is 14. The second kappa shape index (κ2) is 16.5. The van der Waals surface area contributed by atoms with Crippen molar-refractivity contribution in [1.29, 1.82) is 0 Å². The summed E-state index contributed by atoms with van der Waals surface area (Å²) < 4.78 is 50.6. The van der Waals surface area contributed by atoms with E-state index < -0.39 is 36.5 Å². The van der Waals surface area contributed by atoms with E-state index in [0.717, 1.165) is 6.08 Å². The summed E-state index contributed by atoms with van der Waals surface area (Å²) in [5, 5.41) is 0. The van der Waals surface area contributed by atoms with Gasteiger partial charge in [0.15, 0.2) is 29.8 Å². The highest BCUT2D eigenvalue weighted by atomic mass is 16.6. The van der Waals surface area contributed by atoms with Crippen molar-refractivity contribution in [2.45, 2.75) is 30.5 Å². The maximum atomic E-state index is 12.3. The molecule has 0 aromatic heterocycles. The minimum atomic E-state index is -0.796. The van der Waals surface area contributed by atoms with Crippen LogP contribution in [0.15, 0.2) is 146 Å². The van der Waals surface area contributed by atoms with E-state index >= 15 is 0 Å². The van der Waals surface area contributed by atoms with E-state index in [0.29, 0.717) is 28.6 Å². The number of carbonyl (C=O) groups excluding carboxylic acids is 1. The average molecular weight is 675 g/mol. The van der Waals surface area contributed by atoms with E-state index in [4.69, 9.17) is 37.9 Å². The zero-order valence-corrected chi connectivity index (χ0v) is 27.8. The molecule has 0 amide bonds. The number of esters is 1. The molecule has 5 aromatic carbocycles. The number of ether oxygens (including phenoxy) is 8. The lowest BCUT2D eigenvalue weighted by Crippen LogP contribution is -2.62. The second-order valence-electron chi connectivity index (χ2n) is 11.3. The van der Waals surface area contributed by atoms with Crippen LogP contribution in [0.2, 0.25) is 0 Å². The van der Waals surface area contributed by atoms with E-state index in [1.807, 2.05) is 121 Å². The fourth-order valence-corrected chi connectivity index (χ4v) is 5.69. The lowest BCUT2D eigenvalue weighted by Gasteiger charge is -2.46. The van der Waals surface area contributed by atoms with Gasteiger partial charge in [-0.1, -0.05) is 79.4 Å². The summed E-state index contributed by atoms with van der Waals surface area (Å²) in [6, 6.07) is 41.4. The number of para-hydroxylation sites is 4. The Labute approximate surface area is 291 Å². The van der Waals surface area contributed by atoms with Gasteiger partial charge >= 0.3 is 5.97 Å². The zero-order valence-electron chi connectivity index (χ0n) is 27.8. The molecule has 6 rings (SSSR count). The SMILES string of the molecule is C=CC(=O)Oc1c(OC)cc([C@H]2O[C@H](COc3ccccc3)[C@@H](Oc3ccccc3)[C@H](Oc3ccccc3)[C@@H]2Oc2ccccc2)cc1OC. The van der Waals surface area contributed by atoms with Gasteiger partial charge in [-0.05, 0) is 66.2 Å². The van der Waals surface area contributed by atoms with E-state index in [9.17, 15) is 4.79 Å². The van der Waals surface area contributed by atoms with Crippen LogP contribution in [0.1, 0.15) is 11.7 Å². The molecule has 0 bridgehead atoms. The van der Waals surface area contributed by atoms with E-state index in [2.05, 4.69) is 6.58 Å². The topological polar surface area (TPSA) is 90.9 Å². The van der Waals surface area contributed by atoms with E-state index in [1.54, 1.807) is 12.1 Å². The molecule has 0 saturated carbocycles. The minimum Gasteiger partial charge on any atom is -0.493 e. The van der Waals surface area contributed by atoms with Gasteiger partial charge in [-0.2, -0.15) is 0 Å². The molecule has 256 valence electrons. The van der Waals surface area contributed by atoms with Crippen LogP contribution in [0.25, 0.3) is 0 Å². The summed E-state index contributed by atoms with van der Waals surface area (Å²) in [4.78, 5) is 12.3. The van der Waals surface area contributed by atoms with Gasteiger partial charge in [0.2, 0.25) is 5.75 Å². The Balaban J connectivity index is 1.49. The molecule has 1 heterocycles. The van der Waals surface area contributed by atoms with Crippen molar-refractivity contribution < 1.29 is 42.7 Å². The van der Waals surface area contributed by atoms with Crippen molar-refractivity contribution in [1.82, 2.24) is 0 Å². The Morgan fingerprint density at radius 2 is 1.08 bits per heavy atom. The number of hydrogen-bond acceptors (Lipinski definition) is 9. The molecule has 5 aromatic rings. The monoisotopic (exact) mass is 674 g/mol. The number of methoxy groups -OCH3 is 2. The minimum absolute atomic E-state index is 0.103. The first kappa shape index (κ1) is 34.0. The Morgan fingerprint density at radius 3 is 1.54 bits per heavy atom. The molecule has 1 saturated heterocycles. The third-order valence-electron chi connectivity index (χ3n) is 8.02. The molecule has 0 unspecified atom stereocenters. The second-order valence-corrected chi connectivity index (χ2v) is 11.3. The molecule has 0 spiro atoms. The van der Waals surface area contributed by atoms with Crippen LogP contribution in [0.3, 0.4) is 0 Å². The van der Waals surface area contributed by atoms with Gasteiger partial charge in [-0.25, -0.2) is 4.79 Å². The molecule has 1 aliphatic heterocycles.